The maximum atomic E-state index is 12.9. The minimum Gasteiger partial charge on any atom is -0.462 e. The molecule has 0 spiro atoms. The van der Waals surface area contributed by atoms with E-state index in [9.17, 15) is 14.4 Å². The average molecular weight is 1150 g/mol. The predicted octanol–water partition coefficient (Wildman–Crippen LogP) is 25.3. The van der Waals surface area contributed by atoms with Gasteiger partial charge in [-0.1, -0.05) is 345 Å². The summed E-state index contributed by atoms with van der Waals surface area (Å²) in [6, 6.07) is 0. The molecule has 0 aromatic heterocycles. The van der Waals surface area contributed by atoms with Gasteiger partial charge < -0.3 is 14.2 Å². The highest BCUT2D eigenvalue weighted by Crippen LogP contribution is 2.18. The third-order valence-electron chi connectivity index (χ3n) is 16.6. The molecule has 0 aliphatic carbocycles. The number of rotatable bonds is 68. The van der Waals surface area contributed by atoms with E-state index >= 15 is 0 Å². The van der Waals surface area contributed by atoms with Crippen molar-refractivity contribution in [2.45, 2.75) is 406 Å². The number of carbonyl (C=O) groups is 3. The maximum absolute atomic E-state index is 12.9. The Balaban J connectivity index is 4.11. The fourth-order valence-electron chi connectivity index (χ4n) is 11.0. The van der Waals surface area contributed by atoms with Crippen LogP contribution in [0.4, 0.5) is 0 Å². The van der Waals surface area contributed by atoms with Gasteiger partial charge in [0.2, 0.25) is 0 Å². The van der Waals surface area contributed by atoms with Crippen molar-refractivity contribution in [1.29, 1.82) is 0 Å². The molecule has 6 nitrogen and oxygen atoms in total. The van der Waals surface area contributed by atoms with Crippen LogP contribution in [0.1, 0.15) is 400 Å². The second-order valence-corrected chi connectivity index (χ2v) is 24.9. The highest BCUT2D eigenvalue weighted by atomic mass is 16.6. The Kier molecular flexibility index (Phi) is 68.6. The van der Waals surface area contributed by atoms with Crippen LogP contribution >= 0.6 is 0 Å². The highest BCUT2D eigenvalue weighted by Gasteiger charge is 2.19. The van der Waals surface area contributed by atoms with Crippen LogP contribution in [0.3, 0.4) is 0 Å². The molecule has 0 N–H and O–H groups in total. The minimum atomic E-state index is -0.771. The lowest BCUT2D eigenvalue weighted by Crippen LogP contribution is -2.30. The van der Waals surface area contributed by atoms with E-state index in [0.29, 0.717) is 19.3 Å². The molecule has 6 heteroatoms. The van der Waals surface area contributed by atoms with Crippen LogP contribution in [0, 0.1) is 0 Å². The first-order valence-electron chi connectivity index (χ1n) is 36.6. The summed E-state index contributed by atoms with van der Waals surface area (Å²) < 4.78 is 17.0. The number of carbonyl (C=O) groups excluding carboxylic acids is 3. The molecule has 0 radical (unpaired) electrons. The fraction of sp³-hybridized carbons (Fsp3) is 0.855. The molecule has 0 aliphatic rings. The topological polar surface area (TPSA) is 78.9 Å². The zero-order valence-corrected chi connectivity index (χ0v) is 55.3. The van der Waals surface area contributed by atoms with E-state index in [1.165, 1.54) is 289 Å². The molecule has 0 aromatic carbocycles. The fourth-order valence-corrected chi connectivity index (χ4v) is 11.0. The first-order chi connectivity index (χ1) is 40.5. The average Bonchev–Trinajstić information content (AvgIpc) is 3.47. The monoisotopic (exact) mass is 1150 g/mol. The molecule has 82 heavy (non-hydrogen) atoms. The Bertz CT molecular complexity index is 1410. The second-order valence-electron chi connectivity index (χ2n) is 24.9. The van der Waals surface area contributed by atoms with Crippen LogP contribution in [-0.2, 0) is 28.6 Å². The van der Waals surface area contributed by atoms with Gasteiger partial charge in [-0.2, -0.15) is 0 Å². The number of hydrogen-bond donors (Lipinski definition) is 0. The van der Waals surface area contributed by atoms with Gasteiger partial charge >= 0.3 is 17.9 Å². The van der Waals surface area contributed by atoms with Gasteiger partial charge in [-0.3, -0.25) is 14.4 Å². The van der Waals surface area contributed by atoms with Crippen molar-refractivity contribution in [1.82, 2.24) is 0 Å². The van der Waals surface area contributed by atoms with Crippen LogP contribution in [0.25, 0.3) is 0 Å². The zero-order chi connectivity index (χ0) is 59.2. The molecule has 0 aliphatic heterocycles. The normalized spacial score (nSPS) is 12.3. The lowest BCUT2D eigenvalue weighted by atomic mass is 10.0. The van der Waals surface area contributed by atoms with Gasteiger partial charge in [0.25, 0.3) is 0 Å². The summed E-state index contributed by atoms with van der Waals surface area (Å²) in [6.45, 7) is 6.67. The van der Waals surface area contributed by atoms with Gasteiger partial charge in [-0.25, -0.2) is 0 Å². The Labute approximate surface area is 511 Å². The zero-order valence-electron chi connectivity index (χ0n) is 55.3. The summed E-state index contributed by atoms with van der Waals surface area (Å²) >= 11 is 0. The van der Waals surface area contributed by atoms with Gasteiger partial charge in [0.05, 0.1) is 0 Å². The van der Waals surface area contributed by atoms with Crippen LogP contribution in [0.2, 0.25) is 0 Å². The molecule has 0 rings (SSSR count). The van der Waals surface area contributed by atoms with E-state index < -0.39 is 6.10 Å². The summed E-state index contributed by atoms with van der Waals surface area (Å²) in [4.78, 5) is 38.4. The summed E-state index contributed by atoms with van der Waals surface area (Å²) in [7, 11) is 0. The van der Waals surface area contributed by atoms with Crippen LogP contribution < -0.4 is 0 Å². The molecule has 0 aromatic rings. The summed E-state index contributed by atoms with van der Waals surface area (Å²) in [5.74, 6) is -0.845. The molecule has 1 atom stereocenters. The molecule has 0 saturated heterocycles. The molecule has 1 unspecified atom stereocenters. The van der Waals surface area contributed by atoms with E-state index in [1.807, 2.05) is 0 Å². The lowest BCUT2D eigenvalue weighted by molar-refractivity contribution is -0.167. The van der Waals surface area contributed by atoms with Crippen molar-refractivity contribution in [3.8, 4) is 0 Å². The number of unbranched alkanes of at least 4 members (excludes halogenated alkanes) is 49. The molecule has 0 fully saturated rings. The molecular weight excluding hydrogens is 1010 g/mol. The number of esters is 3. The first-order valence-corrected chi connectivity index (χ1v) is 36.6. The maximum Gasteiger partial charge on any atom is 0.306 e. The molecule has 0 amide bonds. The van der Waals surface area contributed by atoms with Gasteiger partial charge in [0, 0.05) is 19.3 Å². The Morgan fingerprint density at radius 1 is 0.244 bits per heavy atom. The highest BCUT2D eigenvalue weighted by molar-refractivity contribution is 5.71. The van der Waals surface area contributed by atoms with Gasteiger partial charge in [0.15, 0.2) is 6.10 Å². The van der Waals surface area contributed by atoms with E-state index in [2.05, 4.69) is 69.4 Å². The quantitative estimate of drug-likeness (QED) is 0.0261. The summed E-state index contributed by atoms with van der Waals surface area (Å²) in [5, 5.41) is 0. The van der Waals surface area contributed by atoms with Crippen molar-refractivity contribution in [3.63, 3.8) is 0 Å². The smallest absolute Gasteiger partial charge is 0.306 e. The third kappa shape index (κ3) is 68.2. The van der Waals surface area contributed by atoms with E-state index in [0.717, 1.165) is 70.6 Å². The second kappa shape index (κ2) is 70.9. The molecule has 0 heterocycles. The molecule has 480 valence electrons. The van der Waals surface area contributed by atoms with Crippen LogP contribution in [-0.4, -0.2) is 37.2 Å². The summed E-state index contributed by atoms with van der Waals surface area (Å²) in [5.41, 5.74) is 0. The summed E-state index contributed by atoms with van der Waals surface area (Å²) in [6.07, 6.45) is 90.2. The van der Waals surface area contributed by atoms with E-state index in [1.54, 1.807) is 0 Å². The van der Waals surface area contributed by atoms with Crippen molar-refractivity contribution in [2.24, 2.45) is 0 Å². The van der Waals surface area contributed by atoms with E-state index in [4.69, 9.17) is 14.2 Å². The number of hydrogen-bond acceptors (Lipinski definition) is 6. The number of ether oxygens (including phenoxy) is 3. The van der Waals surface area contributed by atoms with Crippen molar-refractivity contribution in [3.05, 3.63) is 48.6 Å². The molecular formula is C76H140O6. The van der Waals surface area contributed by atoms with Gasteiger partial charge in [0.1, 0.15) is 13.2 Å². The minimum absolute atomic E-state index is 0.0683. The van der Waals surface area contributed by atoms with E-state index in [-0.39, 0.29) is 31.1 Å². The molecule has 0 bridgehead atoms. The Morgan fingerprint density at radius 3 is 0.671 bits per heavy atom. The van der Waals surface area contributed by atoms with Crippen molar-refractivity contribution >= 4 is 17.9 Å². The number of allylic oxidation sites excluding steroid dienone is 8. The SMILES string of the molecule is CCCCCCC/C=C\C/C=C\CCCCCCCCCCCCCCCCCCCCCC(=O)OCC(COC(=O)CCCCCCCCCCCC)OC(=O)CCCCCCCCCCCCC/C=C\C/C=C\CCCCCCC. The Morgan fingerprint density at radius 2 is 0.439 bits per heavy atom. The van der Waals surface area contributed by atoms with Gasteiger partial charge in [-0.15, -0.1) is 0 Å². The van der Waals surface area contributed by atoms with Crippen molar-refractivity contribution < 1.29 is 28.6 Å². The predicted molar refractivity (Wildman–Crippen MR) is 358 cm³/mol. The first kappa shape index (κ1) is 79.4. The lowest BCUT2D eigenvalue weighted by Gasteiger charge is -2.18. The van der Waals surface area contributed by atoms with Gasteiger partial charge in [-0.05, 0) is 83.5 Å². The Hall–Kier alpha value is -2.63. The third-order valence-corrected chi connectivity index (χ3v) is 16.6. The largest absolute Gasteiger partial charge is 0.462 e. The van der Waals surface area contributed by atoms with Crippen molar-refractivity contribution in [2.75, 3.05) is 13.2 Å². The molecule has 0 saturated carbocycles. The standard InChI is InChI=1S/C76H140O6/c1-4-7-10-13-16-19-22-24-26-28-30-32-34-35-36-37-38-39-40-41-43-44-46-48-50-52-54-57-60-63-66-69-75(78)81-72-73(71-80-74(77)68-65-62-59-56-21-18-15-12-9-6-3)82-76(79)70-67-64-61-58-55-53-51-49-47-45-42-33-31-29-27-25-23-20-17-14-11-8-5-2/h22-25,28-31,73H,4-21,26-27,32-72H2,1-3H3/b24-22-,25-23-,30-28-,31-29-. The van der Waals surface area contributed by atoms with Crippen LogP contribution in [0.15, 0.2) is 48.6 Å². The van der Waals surface area contributed by atoms with Crippen LogP contribution in [0.5, 0.6) is 0 Å².